The minimum absolute atomic E-state index is 0.333. The average Bonchev–Trinajstić information content (AvgIpc) is 3.23. The Morgan fingerprint density at radius 3 is 2.47 bits per heavy atom. The average molecular weight is 431 g/mol. The number of H-pyrrole nitrogens is 1. The summed E-state index contributed by atoms with van der Waals surface area (Å²) < 4.78 is 38.9. The first-order valence-electron chi connectivity index (χ1n) is 9.78. The molecular formula is C24H16F3N5. The number of aromatic nitrogens is 4. The van der Waals surface area contributed by atoms with Gasteiger partial charge >= 0.3 is 6.18 Å². The number of nitrogens with zero attached hydrogens (tertiary/aromatic N) is 3. The minimum atomic E-state index is -4.40. The number of pyridine rings is 2. The van der Waals surface area contributed by atoms with Gasteiger partial charge in [0.15, 0.2) is 0 Å². The summed E-state index contributed by atoms with van der Waals surface area (Å²) in [6.45, 7) is 0. The van der Waals surface area contributed by atoms with Crippen LogP contribution in [0, 0.1) is 0 Å². The Hall–Kier alpha value is -4.20. The van der Waals surface area contributed by atoms with Crippen molar-refractivity contribution >= 4 is 22.5 Å². The number of alkyl halides is 3. The lowest BCUT2D eigenvalue weighted by molar-refractivity contribution is -0.137. The first kappa shape index (κ1) is 19.7. The first-order chi connectivity index (χ1) is 15.5. The molecule has 0 spiro atoms. The van der Waals surface area contributed by atoms with Gasteiger partial charge in [-0.2, -0.15) is 13.2 Å². The normalized spacial score (nSPS) is 11.6. The molecule has 3 aromatic heterocycles. The van der Waals surface area contributed by atoms with Crippen LogP contribution in [-0.4, -0.2) is 19.9 Å². The monoisotopic (exact) mass is 431 g/mol. The molecule has 0 fully saturated rings. The van der Waals surface area contributed by atoms with Gasteiger partial charge in [-0.3, -0.25) is 4.98 Å². The van der Waals surface area contributed by atoms with E-state index in [1.54, 1.807) is 12.4 Å². The van der Waals surface area contributed by atoms with Crippen LogP contribution in [0.25, 0.3) is 33.7 Å². The maximum atomic E-state index is 13.0. The Morgan fingerprint density at radius 2 is 1.72 bits per heavy atom. The van der Waals surface area contributed by atoms with Crippen LogP contribution in [0.3, 0.4) is 0 Å². The molecule has 0 aliphatic carbocycles. The maximum absolute atomic E-state index is 13.0. The van der Waals surface area contributed by atoms with Crippen LogP contribution in [-0.2, 0) is 6.18 Å². The lowest BCUT2D eigenvalue weighted by Gasteiger charge is -2.08. The standard InChI is InChI=1S/C24H16F3N5/c25-24(26,27)17-8-9-20-21(13-17)32-23(31-20)15-4-3-5-18(12-15)30-22-10-7-16(14-29-22)19-6-1-2-11-28-19/h1-14H,(H,29,30)(H,31,32). The van der Waals surface area contributed by atoms with Crippen LogP contribution < -0.4 is 5.32 Å². The van der Waals surface area contributed by atoms with E-state index >= 15 is 0 Å². The molecule has 0 atom stereocenters. The molecule has 3 heterocycles. The van der Waals surface area contributed by atoms with Crippen LogP contribution in [0.15, 0.2) is 85.2 Å². The van der Waals surface area contributed by atoms with Gasteiger partial charge in [-0.15, -0.1) is 0 Å². The number of anilines is 2. The summed E-state index contributed by atoms with van der Waals surface area (Å²) in [5.74, 6) is 1.14. The summed E-state index contributed by atoms with van der Waals surface area (Å²) in [6, 6.07) is 20.4. The molecule has 0 bridgehead atoms. The second-order valence-corrected chi connectivity index (χ2v) is 7.17. The largest absolute Gasteiger partial charge is 0.416 e. The molecule has 0 unspecified atom stereocenters. The van der Waals surface area contributed by atoms with Crippen LogP contribution in [0.1, 0.15) is 5.56 Å². The molecule has 5 aromatic rings. The predicted octanol–water partition coefficient (Wildman–Crippen LogP) is 6.45. The van der Waals surface area contributed by atoms with Crippen molar-refractivity contribution in [3.63, 3.8) is 0 Å². The predicted molar refractivity (Wildman–Crippen MR) is 117 cm³/mol. The molecule has 5 rings (SSSR count). The van der Waals surface area contributed by atoms with Crippen molar-refractivity contribution in [2.24, 2.45) is 0 Å². The second-order valence-electron chi connectivity index (χ2n) is 7.17. The minimum Gasteiger partial charge on any atom is -0.340 e. The fourth-order valence-corrected chi connectivity index (χ4v) is 3.37. The fraction of sp³-hybridized carbons (Fsp3) is 0.0417. The first-order valence-corrected chi connectivity index (χ1v) is 9.78. The van der Waals surface area contributed by atoms with E-state index in [0.29, 0.717) is 22.7 Å². The van der Waals surface area contributed by atoms with Gasteiger partial charge in [-0.05, 0) is 54.6 Å². The molecule has 5 nitrogen and oxygen atoms in total. The molecule has 158 valence electrons. The number of aromatic amines is 1. The van der Waals surface area contributed by atoms with Gasteiger partial charge in [0.1, 0.15) is 11.6 Å². The second kappa shape index (κ2) is 7.81. The van der Waals surface area contributed by atoms with E-state index < -0.39 is 11.7 Å². The summed E-state index contributed by atoms with van der Waals surface area (Å²) in [5.41, 5.74) is 3.35. The number of fused-ring (bicyclic) bond motifs is 1. The van der Waals surface area contributed by atoms with Gasteiger partial charge in [0, 0.05) is 29.2 Å². The van der Waals surface area contributed by atoms with E-state index in [1.807, 2.05) is 54.6 Å². The Kier molecular flexibility index (Phi) is 4.82. The molecule has 0 radical (unpaired) electrons. The zero-order valence-electron chi connectivity index (χ0n) is 16.6. The topological polar surface area (TPSA) is 66.5 Å². The van der Waals surface area contributed by atoms with Gasteiger partial charge < -0.3 is 10.3 Å². The van der Waals surface area contributed by atoms with Crippen molar-refractivity contribution < 1.29 is 13.2 Å². The quantitative estimate of drug-likeness (QED) is 0.343. The van der Waals surface area contributed by atoms with Crippen molar-refractivity contribution in [2.45, 2.75) is 6.18 Å². The number of imidazole rings is 1. The highest BCUT2D eigenvalue weighted by Crippen LogP contribution is 2.32. The number of nitrogens with one attached hydrogen (secondary N) is 2. The molecule has 0 saturated heterocycles. The molecule has 2 N–H and O–H groups in total. The molecular weight excluding hydrogens is 415 g/mol. The fourth-order valence-electron chi connectivity index (χ4n) is 3.37. The van der Waals surface area contributed by atoms with Crippen LogP contribution in [0.5, 0.6) is 0 Å². The number of hydrogen-bond donors (Lipinski definition) is 2. The highest BCUT2D eigenvalue weighted by Gasteiger charge is 2.30. The van der Waals surface area contributed by atoms with Gasteiger partial charge in [-0.25, -0.2) is 9.97 Å². The summed E-state index contributed by atoms with van der Waals surface area (Å²) in [4.78, 5) is 16.2. The van der Waals surface area contributed by atoms with Gasteiger partial charge in [0.05, 0.1) is 22.3 Å². The lowest BCUT2D eigenvalue weighted by atomic mass is 10.2. The van der Waals surface area contributed by atoms with Crippen LogP contribution in [0.4, 0.5) is 24.7 Å². The van der Waals surface area contributed by atoms with Crippen LogP contribution in [0.2, 0.25) is 0 Å². The number of rotatable bonds is 4. The van der Waals surface area contributed by atoms with Crippen molar-refractivity contribution in [3.05, 3.63) is 90.8 Å². The number of benzene rings is 2. The third-order valence-electron chi connectivity index (χ3n) is 4.94. The summed E-state index contributed by atoms with van der Waals surface area (Å²) >= 11 is 0. The van der Waals surface area contributed by atoms with E-state index in [1.165, 1.54) is 6.07 Å². The van der Waals surface area contributed by atoms with Crippen molar-refractivity contribution in [1.29, 1.82) is 0 Å². The van der Waals surface area contributed by atoms with E-state index in [9.17, 15) is 13.2 Å². The third kappa shape index (κ3) is 4.02. The molecule has 2 aromatic carbocycles. The summed E-state index contributed by atoms with van der Waals surface area (Å²) in [6.07, 6.45) is -0.927. The molecule has 0 saturated carbocycles. The molecule has 0 aliphatic heterocycles. The van der Waals surface area contributed by atoms with Crippen molar-refractivity contribution in [3.8, 4) is 22.6 Å². The molecule has 0 aliphatic rings. The zero-order chi connectivity index (χ0) is 22.1. The van der Waals surface area contributed by atoms with E-state index in [-0.39, 0.29) is 0 Å². The number of halogens is 3. The Balaban J connectivity index is 1.39. The van der Waals surface area contributed by atoms with Crippen molar-refractivity contribution in [2.75, 3.05) is 5.32 Å². The summed E-state index contributed by atoms with van der Waals surface area (Å²) in [5, 5.41) is 3.23. The van der Waals surface area contributed by atoms with Crippen molar-refractivity contribution in [1.82, 2.24) is 19.9 Å². The SMILES string of the molecule is FC(F)(F)c1ccc2nc(-c3cccc(Nc4ccc(-c5ccccn5)cn4)c3)[nH]c2c1. The zero-order valence-corrected chi connectivity index (χ0v) is 16.6. The van der Waals surface area contributed by atoms with Gasteiger partial charge in [0.2, 0.25) is 0 Å². The van der Waals surface area contributed by atoms with E-state index in [0.717, 1.165) is 34.6 Å². The van der Waals surface area contributed by atoms with E-state index in [4.69, 9.17) is 0 Å². The Bertz CT molecular complexity index is 1380. The third-order valence-corrected chi connectivity index (χ3v) is 4.94. The highest BCUT2D eigenvalue weighted by molar-refractivity contribution is 5.81. The lowest BCUT2D eigenvalue weighted by Crippen LogP contribution is -2.04. The molecule has 32 heavy (non-hydrogen) atoms. The van der Waals surface area contributed by atoms with Gasteiger partial charge in [-0.1, -0.05) is 18.2 Å². The molecule has 0 amide bonds. The Labute approximate surface area is 181 Å². The summed E-state index contributed by atoms with van der Waals surface area (Å²) in [7, 11) is 0. The van der Waals surface area contributed by atoms with Gasteiger partial charge in [0.25, 0.3) is 0 Å². The van der Waals surface area contributed by atoms with Crippen LogP contribution >= 0.6 is 0 Å². The van der Waals surface area contributed by atoms with E-state index in [2.05, 4.69) is 25.3 Å². The smallest absolute Gasteiger partial charge is 0.340 e. The number of hydrogen-bond acceptors (Lipinski definition) is 4. The molecule has 8 heteroatoms. The Morgan fingerprint density at radius 1 is 0.812 bits per heavy atom. The highest BCUT2D eigenvalue weighted by atomic mass is 19.4. The maximum Gasteiger partial charge on any atom is 0.416 e.